The monoisotopic (exact) mass is 256 g/mol. The minimum atomic E-state index is -1.05. The maximum absolute atomic E-state index is 11.7. The number of nitrogens with one attached hydrogen (secondary N) is 1. The molecular formula is C12H20N2O4. The first-order valence-corrected chi connectivity index (χ1v) is 6.31. The SMILES string of the molecule is CCC(CC)NC(=O)CN1C(=O)CCC1C(=O)O. The molecule has 1 aliphatic heterocycles. The molecule has 0 saturated carbocycles. The van der Waals surface area contributed by atoms with Crippen LogP contribution in [0.15, 0.2) is 0 Å². The lowest BCUT2D eigenvalue weighted by Crippen LogP contribution is -2.46. The van der Waals surface area contributed by atoms with Gasteiger partial charge in [-0.05, 0) is 19.3 Å². The number of aliphatic carboxylic acids is 1. The summed E-state index contributed by atoms with van der Waals surface area (Å²) in [4.78, 5) is 35.4. The Labute approximate surface area is 106 Å². The fourth-order valence-corrected chi connectivity index (χ4v) is 2.11. The van der Waals surface area contributed by atoms with E-state index in [0.717, 1.165) is 17.7 Å². The van der Waals surface area contributed by atoms with Crippen LogP contribution in [-0.4, -0.2) is 46.4 Å². The Morgan fingerprint density at radius 3 is 2.56 bits per heavy atom. The molecule has 0 bridgehead atoms. The quantitative estimate of drug-likeness (QED) is 0.718. The summed E-state index contributed by atoms with van der Waals surface area (Å²) >= 11 is 0. The number of hydrogen-bond donors (Lipinski definition) is 2. The molecule has 6 heteroatoms. The summed E-state index contributed by atoms with van der Waals surface area (Å²) in [6, 6.07) is -0.775. The van der Waals surface area contributed by atoms with Gasteiger partial charge in [0.2, 0.25) is 11.8 Å². The van der Waals surface area contributed by atoms with Crippen LogP contribution in [0.1, 0.15) is 39.5 Å². The van der Waals surface area contributed by atoms with Gasteiger partial charge in [0, 0.05) is 12.5 Å². The normalized spacial score (nSPS) is 19.4. The average molecular weight is 256 g/mol. The van der Waals surface area contributed by atoms with Crippen molar-refractivity contribution in [3.63, 3.8) is 0 Å². The smallest absolute Gasteiger partial charge is 0.326 e. The predicted molar refractivity (Wildman–Crippen MR) is 64.9 cm³/mol. The minimum absolute atomic E-state index is 0.0819. The van der Waals surface area contributed by atoms with Crippen molar-refractivity contribution in [2.75, 3.05) is 6.54 Å². The third kappa shape index (κ3) is 3.45. The fourth-order valence-electron chi connectivity index (χ4n) is 2.11. The number of hydrogen-bond acceptors (Lipinski definition) is 3. The second kappa shape index (κ2) is 6.37. The highest BCUT2D eigenvalue weighted by molar-refractivity contribution is 5.91. The first-order chi connectivity index (χ1) is 8.49. The number of likely N-dealkylation sites (tertiary alicyclic amines) is 1. The van der Waals surface area contributed by atoms with E-state index in [2.05, 4.69) is 5.32 Å². The Balaban J connectivity index is 2.56. The molecule has 18 heavy (non-hydrogen) atoms. The van der Waals surface area contributed by atoms with Crippen LogP contribution in [0.5, 0.6) is 0 Å². The van der Waals surface area contributed by atoms with Gasteiger partial charge in [0.15, 0.2) is 0 Å². The van der Waals surface area contributed by atoms with E-state index in [1.165, 1.54) is 0 Å². The molecular weight excluding hydrogens is 236 g/mol. The van der Waals surface area contributed by atoms with Gasteiger partial charge in [-0.1, -0.05) is 13.8 Å². The number of rotatable bonds is 6. The van der Waals surface area contributed by atoms with Crippen molar-refractivity contribution in [1.29, 1.82) is 0 Å². The van der Waals surface area contributed by atoms with Crippen LogP contribution in [0.2, 0.25) is 0 Å². The summed E-state index contributed by atoms with van der Waals surface area (Å²) in [7, 11) is 0. The molecule has 1 saturated heterocycles. The van der Waals surface area contributed by atoms with Gasteiger partial charge < -0.3 is 15.3 Å². The molecule has 0 aromatic carbocycles. The largest absolute Gasteiger partial charge is 0.480 e. The van der Waals surface area contributed by atoms with E-state index in [1.54, 1.807) is 0 Å². The molecule has 0 aromatic heterocycles. The second-order valence-corrected chi connectivity index (χ2v) is 4.50. The van der Waals surface area contributed by atoms with E-state index < -0.39 is 12.0 Å². The highest BCUT2D eigenvalue weighted by Crippen LogP contribution is 2.18. The zero-order chi connectivity index (χ0) is 13.7. The van der Waals surface area contributed by atoms with E-state index in [4.69, 9.17) is 5.11 Å². The van der Waals surface area contributed by atoms with Crippen molar-refractivity contribution in [2.24, 2.45) is 0 Å². The fraction of sp³-hybridized carbons (Fsp3) is 0.750. The predicted octanol–water partition coefficient (Wildman–Crippen LogP) is 0.367. The summed E-state index contributed by atoms with van der Waals surface area (Å²) in [6.07, 6.45) is 2.12. The zero-order valence-corrected chi connectivity index (χ0v) is 10.8. The van der Waals surface area contributed by atoms with Gasteiger partial charge in [0.25, 0.3) is 0 Å². The molecule has 1 unspecified atom stereocenters. The van der Waals surface area contributed by atoms with E-state index in [-0.39, 0.29) is 37.2 Å². The van der Waals surface area contributed by atoms with Gasteiger partial charge in [0.1, 0.15) is 12.6 Å². The van der Waals surface area contributed by atoms with Crippen LogP contribution < -0.4 is 5.32 Å². The van der Waals surface area contributed by atoms with Gasteiger partial charge in [-0.2, -0.15) is 0 Å². The van der Waals surface area contributed by atoms with E-state index in [1.807, 2.05) is 13.8 Å². The van der Waals surface area contributed by atoms with Crippen molar-refractivity contribution >= 4 is 17.8 Å². The molecule has 0 spiro atoms. The van der Waals surface area contributed by atoms with Gasteiger partial charge in [-0.25, -0.2) is 4.79 Å². The summed E-state index contributed by atoms with van der Waals surface area (Å²) < 4.78 is 0. The van der Waals surface area contributed by atoms with E-state index in [9.17, 15) is 14.4 Å². The third-order valence-electron chi connectivity index (χ3n) is 3.28. The van der Waals surface area contributed by atoms with E-state index in [0.29, 0.717) is 0 Å². The number of nitrogens with zero attached hydrogens (tertiary/aromatic N) is 1. The summed E-state index contributed by atoms with van der Waals surface area (Å²) in [5.74, 6) is -1.59. The van der Waals surface area contributed by atoms with Crippen LogP contribution in [0.3, 0.4) is 0 Å². The Kier molecular flexibility index (Phi) is 5.12. The topological polar surface area (TPSA) is 86.7 Å². The Morgan fingerprint density at radius 1 is 1.44 bits per heavy atom. The van der Waals surface area contributed by atoms with Gasteiger partial charge in [-0.15, -0.1) is 0 Å². The lowest BCUT2D eigenvalue weighted by molar-refractivity contribution is -0.147. The summed E-state index contributed by atoms with van der Waals surface area (Å²) in [5.41, 5.74) is 0. The lowest BCUT2D eigenvalue weighted by atomic mass is 10.2. The first kappa shape index (κ1) is 14.5. The molecule has 1 fully saturated rings. The summed E-state index contributed by atoms with van der Waals surface area (Å²) in [5, 5.41) is 11.8. The van der Waals surface area contributed by atoms with Crippen LogP contribution in [0.25, 0.3) is 0 Å². The van der Waals surface area contributed by atoms with Gasteiger partial charge in [0.05, 0.1) is 0 Å². The van der Waals surface area contributed by atoms with Crippen LogP contribution in [0.4, 0.5) is 0 Å². The zero-order valence-electron chi connectivity index (χ0n) is 10.8. The molecule has 0 radical (unpaired) electrons. The average Bonchev–Trinajstić information content (AvgIpc) is 2.68. The number of amides is 2. The van der Waals surface area contributed by atoms with Crippen LogP contribution in [0, 0.1) is 0 Å². The van der Waals surface area contributed by atoms with Crippen molar-refractivity contribution in [1.82, 2.24) is 10.2 Å². The number of carboxylic acid groups (broad SMARTS) is 1. The maximum atomic E-state index is 11.7. The second-order valence-electron chi connectivity index (χ2n) is 4.50. The Morgan fingerprint density at radius 2 is 2.06 bits per heavy atom. The molecule has 1 heterocycles. The van der Waals surface area contributed by atoms with Gasteiger partial charge >= 0.3 is 5.97 Å². The molecule has 1 atom stereocenters. The highest BCUT2D eigenvalue weighted by Gasteiger charge is 2.37. The summed E-state index contributed by atoms with van der Waals surface area (Å²) in [6.45, 7) is 3.78. The standard InChI is InChI=1S/C12H20N2O4/c1-3-8(4-2)13-10(15)7-14-9(12(17)18)5-6-11(14)16/h8-9H,3-7H2,1-2H3,(H,13,15)(H,17,18). The van der Waals surface area contributed by atoms with Crippen molar-refractivity contribution in [3.05, 3.63) is 0 Å². The number of carbonyl (C=O) groups excluding carboxylic acids is 2. The lowest BCUT2D eigenvalue weighted by Gasteiger charge is -2.22. The van der Waals surface area contributed by atoms with Crippen molar-refractivity contribution in [3.8, 4) is 0 Å². The van der Waals surface area contributed by atoms with Crippen molar-refractivity contribution < 1.29 is 19.5 Å². The highest BCUT2D eigenvalue weighted by atomic mass is 16.4. The molecule has 2 N–H and O–H groups in total. The Hall–Kier alpha value is -1.59. The molecule has 1 rings (SSSR count). The van der Waals surface area contributed by atoms with E-state index >= 15 is 0 Å². The molecule has 1 aliphatic rings. The van der Waals surface area contributed by atoms with Crippen LogP contribution in [-0.2, 0) is 14.4 Å². The number of carboxylic acids is 1. The molecule has 102 valence electrons. The third-order valence-corrected chi connectivity index (χ3v) is 3.28. The van der Waals surface area contributed by atoms with Crippen molar-refractivity contribution in [2.45, 2.75) is 51.6 Å². The van der Waals surface area contributed by atoms with Crippen LogP contribution >= 0.6 is 0 Å². The maximum Gasteiger partial charge on any atom is 0.326 e. The minimum Gasteiger partial charge on any atom is -0.480 e. The molecule has 6 nitrogen and oxygen atoms in total. The molecule has 2 amide bonds. The Bertz CT molecular complexity index is 339. The first-order valence-electron chi connectivity index (χ1n) is 6.31. The molecule has 0 aromatic rings. The molecule has 0 aliphatic carbocycles. The van der Waals surface area contributed by atoms with Gasteiger partial charge in [-0.3, -0.25) is 9.59 Å². The number of carbonyl (C=O) groups is 3.